The molecular weight excluding hydrogens is 286 g/mol. The Bertz CT molecular complexity index is 546. The predicted octanol–water partition coefficient (Wildman–Crippen LogP) is 2.83. The van der Waals surface area contributed by atoms with E-state index >= 15 is 0 Å². The number of unbranched alkanes of at least 4 members (excludes halogenated alkanes) is 1. The van der Waals surface area contributed by atoms with E-state index in [0.717, 1.165) is 56.8 Å². The van der Waals surface area contributed by atoms with Crippen LogP contribution in [0.4, 0.5) is 5.69 Å². The number of nitrogens with zero attached hydrogens (tertiary/aromatic N) is 4. The van der Waals surface area contributed by atoms with Gasteiger partial charge >= 0.3 is 0 Å². The van der Waals surface area contributed by atoms with Gasteiger partial charge in [-0.25, -0.2) is 4.99 Å². The highest BCUT2D eigenvalue weighted by atomic mass is 15.4. The quantitative estimate of drug-likeness (QED) is 0.686. The Balaban J connectivity index is 1.91. The predicted molar refractivity (Wildman–Crippen MR) is 96.3 cm³/mol. The molecule has 0 bridgehead atoms. The molecule has 5 heteroatoms. The normalized spacial score (nSPS) is 18.0. The lowest BCUT2D eigenvalue weighted by atomic mass is 10.3. The number of hydrogen-bond donors (Lipinski definition) is 1. The molecule has 3 rings (SSSR count). The SMILES string of the molecule is CCCCN(C1=NCCN1)C(=Nc1ccccc1)N1CCCC1. The van der Waals surface area contributed by atoms with E-state index in [1.54, 1.807) is 0 Å². The van der Waals surface area contributed by atoms with Crippen molar-refractivity contribution in [1.29, 1.82) is 0 Å². The summed E-state index contributed by atoms with van der Waals surface area (Å²) in [6, 6.07) is 10.3. The van der Waals surface area contributed by atoms with E-state index in [9.17, 15) is 0 Å². The van der Waals surface area contributed by atoms with Gasteiger partial charge in [-0.3, -0.25) is 9.89 Å². The number of benzene rings is 1. The molecule has 1 aromatic rings. The summed E-state index contributed by atoms with van der Waals surface area (Å²) in [7, 11) is 0. The fourth-order valence-electron chi connectivity index (χ4n) is 3.02. The van der Waals surface area contributed by atoms with Crippen LogP contribution in [0.25, 0.3) is 0 Å². The molecule has 124 valence electrons. The van der Waals surface area contributed by atoms with E-state index in [2.05, 4.69) is 39.2 Å². The Morgan fingerprint density at radius 1 is 1.26 bits per heavy atom. The molecule has 0 atom stereocenters. The minimum atomic E-state index is 0.858. The van der Waals surface area contributed by atoms with Crippen LogP contribution in [0.1, 0.15) is 32.6 Å². The molecule has 1 N–H and O–H groups in total. The van der Waals surface area contributed by atoms with Crippen molar-refractivity contribution in [2.45, 2.75) is 32.6 Å². The van der Waals surface area contributed by atoms with Crippen LogP contribution in [0.3, 0.4) is 0 Å². The summed E-state index contributed by atoms with van der Waals surface area (Å²) in [5.41, 5.74) is 1.01. The first-order valence-corrected chi connectivity index (χ1v) is 8.83. The first kappa shape index (κ1) is 15.8. The van der Waals surface area contributed by atoms with Crippen LogP contribution in [0.2, 0.25) is 0 Å². The number of nitrogens with one attached hydrogen (secondary N) is 1. The second-order valence-electron chi connectivity index (χ2n) is 6.08. The molecule has 0 saturated carbocycles. The summed E-state index contributed by atoms with van der Waals surface area (Å²) in [4.78, 5) is 14.3. The molecule has 0 radical (unpaired) electrons. The minimum absolute atomic E-state index is 0.858. The van der Waals surface area contributed by atoms with Gasteiger partial charge in [0.2, 0.25) is 11.9 Å². The molecule has 0 aliphatic carbocycles. The van der Waals surface area contributed by atoms with Crippen molar-refractivity contribution in [2.24, 2.45) is 9.98 Å². The molecule has 0 aromatic heterocycles. The largest absolute Gasteiger partial charge is 0.354 e. The molecule has 1 aromatic carbocycles. The molecular formula is C18H27N5. The van der Waals surface area contributed by atoms with Crippen LogP contribution in [0.5, 0.6) is 0 Å². The number of guanidine groups is 2. The molecule has 0 unspecified atom stereocenters. The maximum absolute atomic E-state index is 4.99. The van der Waals surface area contributed by atoms with Gasteiger partial charge in [0.25, 0.3) is 0 Å². The van der Waals surface area contributed by atoms with Crippen molar-refractivity contribution in [3.8, 4) is 0 Å². The Morgan fingerprint density at radius 2 is 2.04 bits per heavy atom. The molecule has 2 aliphatic heterocycles. The Kier molecular flexibility index (Phi) is 5.51. The second kappa shape index (κ2) is 7.99. The smallest absolute Gasteiger partial charge is 0.208 e. The third-order valence-electron chi connectivity index (χ3n) is 4.26. The van der Waals surface area contributed by atoms with Crippen LogP contribution in [0.15, 0.2) is 40.3 Å². The molecule has 2 aliphatic rings. The number of aliphatic imine (C=N–C) groups is 2. The van der Waals surface area contributed by atoms with Gasteiger partial charge in [0.1, 0.15) is 0 Å². The van der Waals surface area contributed by atoms with Crippen LogP contribution in [0, 0.1) is 0 Å². The monoisotopic (exact) mass is 313 g/mol. The summed E-state index contributed by atoms with van der Waals surface area (Å²) < 4.78 is 0. The van der Waals surface area contributed by atoms with Crippen LogP contribution in [-0.2, 0) is 0 Å². The zero-order valence-electron chi connectivity index (χ0n) is 14.0. The van der Waals surface area contributed by atoms with Crippen molar-refractivity contribution in [3.63, 3.8) is 0 Å². The van der Waals surface area contributed by atoms with Crippen LogP contribution >= 0.6 is 0 Å². The van der Waals surface area contributed by atoms with E-state index in [-0.39, 0.29) is 0 Å². The van der Waals surface area contributed by atoms with E-state index in [1.807, 2.05) is 18.2 Å². The zero-order chi connectivity index (χ0) is 15.9. The number of rotatable bonds is 4. The number of hydrogen-bond acceptors (Lipinski definition) is 3. The van der Waals surface area contributed by atoms with Crippen molar-refractivity contribution in [1.82, 2.24) is 15.1 Å². The Morgan fingerprint density at radius 3 is 2.70 bits per heavy atom. The molecule has 5 nitrogen and oxygen atoms in total. The second-order valence-corrected chi connectivity index (χ2v) is 6.08. The van der Waals surface area contributed by atoms with Crippen LogP contribution in [-0.4, -0.2) is 54.4 Å². The van der Waals surface area contributed by atoms with Gasteiger partial charge in [-0.05, 0) is 31.4 Å². The van der Waals surface area contributed by atoms with Gasteiger partial charge in [0, 0.05) is 26.2 Å². The molecule has 1 saturated heterocycles. The van der Waals surface area contributed by atoms with Crippen molar-refractivity contribution in [2.75, 3.05) is 32.7 Å². The van der Waals surface area contributed by atoms with E-state index in [0.29, 0.717) is 0 Å². The van der Waals surface area contributed by atoms with E-state index in [1.165, 1.54) is 19.3 Å². The lowest BCUT2D eigenvalue weighted by molar-refractivity contribution is 0.424. The third kappa shape index (κ3) is 4.03. The minimum Gasteiger partial charge on any atom is -0.354 e. The van der Waals surface area contributed by atoms with Gasteiger partial charge in [-0.15, -0.1) is 0 Å². The summed E-state index contributed by atoms with van der Waals surface area (Å²) in [6.45, 7) is 7.15. The summed E-state index contributed by atoms with van der Waals surface area (Å²) >= 11 is 0. The highest BCUT2D eigenvalue weighted by Gasteiger charge is 2.26. The van der Waals surface area contributed by atoms with Gasteiger partial charge < -0.3 is 10.2 Å². The Hall–Kier alpha value is -2.04. The highest BCUT2D eigenvalue weighted by Crippen LogP contribution is 2.18. The molecule has 2 heterocycles. The molecule has 0 amide bonds. The fourth-order valence-corrected chi connectivity index (χ4v) is 3.02. The fraction of sp³-hybridized carbons (Fsp3) is 0.556. The average Bonchev–Trinajstić information content (AvgIpc) is 3.29. The van der Waals surface area contributed by atoms with Gasteiger partial charge in [0.05, 0.1) is 12.2 Å². The Labute approximate surface area is 139 Å². The van der Waals surface area contributed by atoms with Crippen molar-refractivity contribution < 1.29 is 0 Å². The third-order valence-corrected chi connectivity index (χ3v) is 4.26. The zero-order valence-corrected chi connectivity index (χ0v) is 14.0. The lowest BCUT2D eigenvalue weighted by Crippen LogP contribution is -2.50. The van der Waals surface area contributed by atoms with Crippen molar-refractivity contribution >= 4 is 17.6 Å². The van der Waals surface area contributed by atoms with E-state index < -0.39 is 0 Å². The van der Waals surface area contributed by atoms with E-state index in [4.69, 9.17) is 4.99 Å². The molecule has 23 heavy (non-hydrogen) atoms. The van der Waals surface area contributed by atoms with Gasteiger partial charge in [-0.1, -0.05) is 31.5 Å². The maximum Gasteiger partial charge on any atom is 0.208 e. The topological polar surface area (TPSA) is 43.2 Å². The van der Waals surface area contributed by atoms with Gasteiger partial charge in [0.15, 0.2) is 0 Å². The van der Waals surface area contributed by atoms with Crippen molar-refractivity contribution in [3.05, 3.63) is 30.3 Å². The molecule has 0 spiro atoms. The highest BCUT2D eigenvalue weighted by molar-refractivity contribution is 6.00. The lowest BCUT2D eigenvalue weighted by Gasteiger charge is -2.31. The summed E-state index contributed by atoms with van der Waals surface area (Å²) in [5.74, 6) is 2.04. The number of likely N-dealkylation sites (tertiary alicyclic amines) is 1. The first-order chi connectivity index (χ1) is 11.4. The summed E-state index contributed by atoms with van der Waals surface area (Å²) in [6.07, 6.45) is 4.80. The van der Waals surface area contributed by atoms with Crippen LogP contribution < -0.4 is 5.32 Å². The standard InChI is InChI=1S/C18H27N5/c1-2-3-15-23(17-19-11-12-20-17)18(22-13-7-8-14-22)21-16-9-5-4-6-10-16/h4-6,9-10H,2-3,7-8,11-15H2,1H3,(H,19,20). The van der Waals surface area contributed by atoms with Gasteiger partial charge in [-0.2, -0.15) is 0 Å². The maximum atomic E-state index is 4.99. The molecule has 1 fully saturated rings. The average molecular weight is 313 g/mol. The first-order valence-electron chi connectivity index (χ1n) is 8.83. The summed E-state index contributed by atoms with van der Waals surface area (Å²) in [5, 5.41) is 3.42. The number of para-hydroxylation sites is 1.